The number of nitrogens with one attached hydrogen (secondary N) is 1. The average Bonchev–Trinajstić information content (AvgIpc) is 3.02. The second kappa shape index (κ2) is 6.75. The Morgan fingerprint density at radius 3 is 2.46 bits per heavy atom. The number of fused-ring (bicyclic) bond motifs is 1. The lowest BCUT2D eigenvalue weighted by Gasteiger charge is -2.08. The molecule has 1 aliphatic rings. The first-order valence-electron chi connectivity index (χ1n) is 7.89. The number of carboxylic acid groups (broad SMARTS) is 1. The van der Waals surface area contributed by atoms with Gasteiger partial charge < -0.3 is 5.11 Å². The predicted molar refractivity (Wildman–Crippen MR) is 90.8 cm³/mol. The van der Waals surface area contributed by atoms with Crippen molar-refractivity contribution in [2.75, 3.05) is 6.54 Å². The number of hydrogen-bond acceptors (Lipinski definition) is 3. The van der Waals surface area contributed by atoms with Crippen LogP contribution in [0.4, 0.5) is 0 Å². The van der Waals surface area contributed by atoms with Crippen molar-refractivity contribution in [2.45, 2.75) is 30.6 Å². The smallest absolute Gasteiger partial charge is 0.335 e. The minimum Gasteiger partial charge on any atom is -0.478 e. The van der Waals surface area contributed by atoms with Gasteiger partial charge in [-0.1, -0.05) is 18.2 Å². The molecule has 0 bridgehead atoms. The van der Waals surface area contributed by atoms with Crippen molar-refractivity contribution in [1.29, 1.82) is 0 Å². The highest BCUT2D eigenvalue weighted by atomic mass is 32.2. The molecule has 0 heterocycles. The Morgan fingerprint density at radius 1 is 1.04 bits per heavy atom. The fourth-order valence-corrected chi connectivity index (χ4v) is 4.00. The molecular formula is C18H19NO4S. The van der Waals surface area contributed by atoms with Crippen LogP contribution in [0.5, 0.6) is 0 Å². The first-order chi connectivity index (χ1) is 11.5. The van der Waals surface area contributed by atoms with Gasteiger partial charge in [-0.15, -0.1) is 0 Å². The molecule has 0 saturated carbocycles. The Hall–Kier alpha value is -2.18. The second-order valence-electron chi connectivity index (χ2n) is 5.93. The van der Waals surface area contributed by atoms with Gasteiger partial charge in [0.05, 0.1) is 10.5 Å². The number of aryl methyl sites for hydroxylation is 2. The van der Waals surface area contributed by atoms with Crippen LogP contribution in [0.3, 0.4) is 0 Å². The Bertz CT molecular complexity index is 857. The zero-order chi connectivity index (χ0) is 17.2. The molecule has 5 nitrogen and oxygen atoms in total. The van der Waals surface area contributed by atoms with E-state index in [0.29, 0.717) is 13.0 Å². The number of rotatable bonds is 6. The zero-order valence-corrected chi connectivity index (χ0v) is 14.0. The molecular weight excluding hydrogens is 326 g/mol. The van der Waals surface area contributed by atoms with E-state index in [1.54, 1.807) is 0 Å². The van der Waals surface area contributed by atoms with Gasteiger partial charge in [-0.25, -0.2) is 17.9 Å². The van der Waals surface area contributed by atoms with Crippen LogP contribution < -0.4 is 4.72 Å². The summed E-state index contributed by atoms with van der Waals surface area (Å²) in [5.74, 6) is -1.08. The average molecular weight is 345 g/mol. The van der Waals surface area contributed by atoms with E-state index < -0.39 is 16.0 Å². The highest BCUT2D eigenvalue weighted by molar-refractivity contribution is 7.89. The van der Waals surface area contributed by atoms with Crippen molar-refractivity contribution < 1.29 is 18.3 Å². The van der Waals surface area contributed by atoms with Crippen LogP contribution in [0.25, 0.3) is 0 Å². The zero-order valence-electron chi connectivity index (χ0n) is 13.2. The summed E-state index contributed by atoms with van der Waals surface area (Å²) in [7, 11) is -3.63. The first-order valence-corrected chi connectivity index (χ1v) is 9.38. The summed E-state index contributed by atoms with van der Waals surface area (Å²) < 4.78 is 27.0. The molecule has 2 N–H and O–H groups in total. The molecule has 0 unspecified atom stereocenters. The van der Waals surface area contributed by atoms with Gasteiger partial charge >= 0.3 is 5.97 Å². The van der Waals surface area contributed by atoms with Crippen molar-refractivity contribution in [3.8, 4) is 0 Å². The number of sulfonamides is 1. The predicted octanol–water partition coefficient (Wildman–Crippen LogP) is 2.39. The third-order valence-electron chi connectivity index (χ3n) is 4.28. The van der Waals surface area contributed by atoms with Gasteiger partial charge in [0, 0.05) is 6.54 Å². The monoisotopic (exact) mass is 345 g/mol. The summed E-state index contributed by atoms with van der Waals surface area (Å²) >= 11 is 0. The largest absolute Gasteiger partial charge is 0.478 e. The van der Waals surface area contributed by atoms with Crippen LogP contribution in [0.1, 0.15) is 33.5 Å². The molecule has 6 heteroatoms. The van der Waals surface area contributed by atoms with E-state index in [9.17, 15) is 13.2 Å². The molecule has 0 saturated heterocycles. The van der Waals surface area contributed by atoms with Crippen molar-refractivity contribution in [1.82, 2.24) is 4.72 Å². The highest BCUT2D eigenvalue weighted by Crippen LogP contribution is 2.23. The molecule has 0 atom stereocenters. The van der Waals surface area contributed by atoms with Crippen LogP contribution >= 0.6 is 0 Å². The van der Waals surface area contributed by atoms with Gasteiger partial charge in [0.15, 0.2) is 0 Å². The summed E-state index contributed by atoms with van der Waals surface area (Å²) in [6, 6.07) is 11.5. The third-order valence-corrected chi connectivity index (χ3v) is 5.76. The van der Waals surface area contributed by atoms with Gasteiger partial charge in [-0.2, -0.15) is 0 Å². The topological polar surface area (TPSA) is 83.5 Å². The van der Waals surface area contributed by atoms with Crippen molar-refractivity contribution in [3.63, 3.8) is 0 Å². The summed E-state index contributed by atoms with van der Waals surface area (Å²) in [5, 5.41) is 8.85. The van der Waals surface area contributed by atoms with E-state index in [1.807, 2.05) is 0 Å². The van der Waals surface area contributed by atoms with Gasteiger partial charge in [-0.3, -0.25) is 0 Å². The van der Waals surface area contributed by atoms with E-state index in [0.717, 1.165) is 18.4 Å². The summed E-state index contributed by atoms with van der Waals surface area (Å²) in [6.45, 7) is 0.307. The second-order valence-corrected chi connectivity index (χ2v) is 7.70. The minimum absolute atomic E-state index is 0.0621. The summed E-state index contributed by atoms with van der Waals surface area (Å²) in [5.41, 5.74) is 3.96. The van der Waals surface area contributed by atoms with Crippen molar-refractivity contribution in [3.05, 3.63) is 64.7 Å². The highest BCUT2D eigenvalue weighted by Gasteiger charge is 2.15. The Labute approximate surface area is 141 Å². The van der Waals surface area contributed by atoms with E-state index in [2.05, 4.69) is 22.9 Å². The van der Waals surface area contributed by atoms with Crippen LogP contribution in [0.15, 0.2) is 47.4 Å². The van der Waals surface area contributed by atoms with Gasteiger partial charge in [0.25, 0.3) is 0 Å². The van der Waals surface area contributed by atoms with E-state index in [-0.39, 0.29) is 10.5 Å². The van der Waals surface area contributed by atoms with Gasteiger partial charge in [0.1, 0.15) is 0 Å². The maximum Gasteiger partial charge on any atom is 0.335 e. The molecule has 1 aliphatic carbocycles. The number of aromatic carboxylic acids is 1. The normalized spacial score (nSPS) is 13.7. The fraction of sp³-hybridized carbons (Fsp3) is 0.278. The molecule has 0 amide bonds. The molecule has 0 aliphatic heterocycles. The Balaban J connectivity index is 1.61. The van der Waals surface area contributed by atoms with Crippen LogP contribution in [0.2, 0.25) is 0 Å². The molecule has 2 aromatic carbocycles. The minimum atomic E-state index is -3.63. The number of carboxylic acids is 1. The maximum atomic E-state index is 12.2. The van der Waals surface area contributed by atoms with Crippen molar-refractivity contribution in [2.24, 2.45) is 0 Å². The molecule has 0 radical (unpaired) electrons. The molecule has 0 aromatic heterocycles. The molecule has 2 aromatic rings. The maximum absolute atomic E-state index is 12.2. The fourth-order valence-electron chi connectivity index (χ4n) is 2.97. The molecule has 3 rings (SSSR count). The lowest BCUT2D eigenvalue weighted by molar-refractivity contribution is 0.0696. The molecule has 0 fully saturated rings. The van der Waals surface area contributed by atoms with Gasteiger partial charge in [0.2, 0.25) is 10.0 Å². The third kappa shape index (κ3) is 3.66. The lowest BCUT2D eigenvalue weighted by atomic mass is 10.0. The van der Waals surface area contributed by atoms with Crippen LogP contribution in [0, 0.1) is 0 Å². The van der Waals surface area contributed by atoms with Crippen molar-refractivity contribution >= 4 is 16.0 Å². The number of hydrogen-bond donors (Lipinski definition) is 2. The number of carbonyl (C=O) groups is 1. The standard InChI is InChI=1S/C18H19NO4S/c20-18(21)15-6-8-17(9-7-15)24(22,23)19-11-10-13-4-5-14-2-1-3-16(14)12-13/h4-9,12,19H,1-3,10-11H2,(H,20,21). The van der Waals surface area contributed by atoms with Crippen LogP contribution in [-0.4, -0.2) is 26.0 Å². The molecule has 126 valence electrons. The quantitative estimate of drug-likeness (QED) is 0.842. The number of benzene rings is 2. The van der Waals surface area contributed by atoms with E-state index >= 15 is 0 Å². The van der Waals surface area contributed by atoms with E-state index in [1.165, 1.54) is 41.8 Å². The van der Waals surface area contributed by atoms with E-state index in [4.69, 9.17) is 5.11 Å². The summed E-state index contributed by atoms with van der Waals surface area (Å²) in [6.07, 6.45) is 4.05. The first kappa shape index (κ1) is 16.7. The lowest BCUT2D eigenvalue weighted by Crippen LogP contribution is -2.26. The van der Waals surface area contributed by atoms with Crippen LogP contribution in [-0.2, 0) is 29.3 Å². The Kier molecular flexibility index (Phi) is 4.69. The summed E-state index contributed by atoms with van der Waals surface area (Å²) in [4.78, 5) is 10.9. The Morgan fingerprint density at radius 2 is 1.75 bits per heavy atom. The van der Waals surface area contributed by atoms with Gasteiger partial charge in [-0.05, 0) is 66.6 Å². The SMILES string of the molecule is O=C(O)c1ccc(S(=O)(=O)NCCc2ccc3c(c2)CCC3)cc1. The molecule has 24 heavy (non-hydrogen) atoms. The molecule has 0 spiro atoms.